The van der Waals surface area contributed by atoms with Gasteiger partial charge < -0.3 is 5.73 Å². The van der Waals surface area contributed by atoms with E-state index in [0.717, 1.165) is 4.88 Å². The average molecular weight is 223 g/mol. The van der Waals surface area contributed by atoms with E-state index in [2.05, 4.69) is 0 Å². The molecule has 0 aliphatic rings. The molecule has 1 atom stereocenters. The van der Waals surface area contributed by atoms with Crippen molar-refractivity contribution >= 4 is 11.3 Å². The van der Waals surface area contributed by atoms with Gasteiger partial charge in [-0.05, 0) is 24.3 Å². The molecule has 0 aromatic carbocycles. The quantitative estimate of drug-likeness (QED) is 0.834. The minimum atomic E-state index is -4.14. The Bertz CT molecular complexity index is 256. The van der Waals surface area contributed by atoms with E-state index in [1.54, 1.807) is 11.3 Å². The van der Waals surface area contributed by atoms with E-state index in [4.69, 9.17) is 5.73 Å². The van der Waals surface area contributed by atoms with Crippen LogP contribution in [-0.2, 0) is 6.42 Å². The number of rotatable bonds is 4. The molecule has 0 aliphatic carbocycles. The Labute approximate surface area is 84.7 Å². The van der Waals surface area contributed by atoms with Crippen molar-refractivity contribution in [3.63, 3.8) is 0 Å². The molecule has 0 saturated carbocycles. The summed E-state index contributed by atoms with van der Waals surface area (Å²) in [6.07, 6.45) is -4.01. The van der Waals surface area contributed by atoms with Gasteiger partial charge in [0.25, 0.3) is 0 Å². The zero-order valence-electron chi connectivity index (χ0n) is 7.55. The van der Waals surface area contributed by atoms with E-state index in [1.165, 1.54) is 0 Å². The van der Waals surface area contributed by atoms with Crippen LogP contribution in [0.3, 0.4) is 0 Å². The third-order valence-electron chi connectivity index (χ3n) is 1.84. The molecular weight excluding hydrogens is 211 g/mol. The molecule has 1 aromatic rings. The number of alkyl halides is 3. The Kier molecular flexibility index (Phi) is 3.95. The largest absolute Gasteiger partial charge is 0.390 e. The maximum absolute atomic E-state index is 11.9. The van der Waals surface area contributed by atoms with E-state index in [0.29, 0.717) is 12.8 Å². The Hall–Kier alpha value is -0.550. The van der Waals surface area contributed by atoms with E-state index >= 15 is 0 Å². The van der Waals surface area contributed by atoms with Crippen molar-refractivity contribution in [2.24, 2.45) is 5.73 Å². The number of nitrogens with two attached hydrogens (primary N) is 1. The second-order valence-corrected chi connectivity index (χ2v) is 4.23. The molecule has 2 N–H and O–H groups in total. The fraction of sp³-hybridized carbons (Fsp3) is 0.556. The molecule has 0 amide bonds. The van der Waals surface area contributed by atoms with Crippen molar-refractivity contribution in [2.75, 3.05) is 0 Å². The lowest BCUT2D eigenvalue weighted by molar-refractivity contribution is -0.138. The van der Waals surface area contributed by atoms with Gasteiger partial charge in [0.2, 0.25) is 0 Å². The molecule has 14 heavy (non-hydrogen) atoms. The molecule has 0 fully saturated rings. The van der Waals surface area contributed by atoms with Crippen LogP contribution in [0.15, 0.2) is 17.5 Å². The van der Waals surface area contributed by atoms with Gasteiger partial charge in [-0.1, -0.05) is 6.07 Å². The molecule has 1 unspecified atom stereocenters. The molecule has 0 aliphatic heterocycles. The first-order valence-corrected chi connectivity index (χ1v) is 5.20. The summed E-state index contributed by atoms with van der Waals surface area (Å²) in [5.74, 6) is 0. The molecule has 1 aromatic heterocycles. The number of halogens is 3. The Morgan fingerprint density at radius 1 is 1.43 bits per heavy atom. The number of thiophene rings is 1. The van der Waals surface area contributed by atoms with E-state index in [9.17, 15) is 13.2 Å². The summed E-state index contributed by atoms with van der Waals surface area (Å²) >= 11 is 1.55. The lowest BCUT2D eigenvalue weighted by Crippen LogP contribution is -2.27. The molecule has 0 saturated heterocycles. The van der Waals surface area contributed by atoms with Gasteiger partial charge in [-0.25, -0.2) is 0 Å². The summed E-state index contributed by atoms with van der Waals surface area (Å²) in [5.41, 5.74) is 5.36. The smallest absolute Gasteiger partial charge is 0.327 e. The monoisotopic (exact) mass is 223 g/mol. The highest BCUT2D eigenvalue weighted by molar-refractivity contribution is 7.09. The van der Waals surface area contributed by atoms with Gasteiger partial charge in [0, 0.05) is 10.9 Å². The van der Waals surface area contributed by atoms with Crippen molar-refractivity contribution in [2.45, 2.75) is 31.5 Å². The maximum atomic E-state index is 11.9. The van der Waals surface area contributed by atoms with Crippen LogP contribution in [0.25, 0.3) is 0 Å². The maximum Gasteiger partial charge on any atom is 0.390 e. The van der Waals surface area contributed by atoms with Crippen molar-refractivity contribution in [3.05, 3.63) is 22.4 Å². The van der Waals surface area contributed by atoms with Crippen LogP contribution in [0.5, 0.6) is 0 Å². The third-order valence-corrected chi connectivity index (χ3v) is 2.77. The normalized spacial score (nSPS) is 14.3. The molecule has 0 radical (unpaired) electrons. The van der Waals surface area contributed by atoms with Crippen LogP contribution in [0.1, 0.15) is 17.7 Å². The van der Waals surface area contributed by atoms with Crippen molar-refractivity contribution in [1.82, 2.24) is 0 Å². The topological polar surface area (TPSA) is 26.0 Å². The zero-order chi connectivity index (χ0) is 10.6. The fourth-order valence-electron chi connectivity index (χ4n) is 1.18. The first-order valence-electron chi connectivity index (χ1n) is 4.32. The molecule has 1 rings (SSSR count). The summed E-state index contributed by atoms with van der Waals surface area (Å²) in [4.78, 5) is 1.09. The highest BCUT2D eigenvalue weighted by atomic mass is 32.1. The Balaban J connectivity index is 2.25. The lowest BCUT2D eigenvalue weighted by Gasteiger charge is -2.13. The molecule has 1 heterocycles. The number of hydrogen-bond donors (Lipinski definition) is 1. The minimum absolute atomic E-state index is 0.389. The standard InChI is InChI=1S/C9H12F3NS/c10-9(11,12)6-7(13)3-4-8-2-1-5-14-8/h1-2,5,7H,3-4,6,13H2. The lowest BCUT2D eigenvalue weighted by atomic mass is 10.1. The first-order chi connectivity index (χ1) is 6.47. The Morgan fingerprint density at radius 2 is 2.14 bits per heavy atom. The summed E-state index contributed by atoms with van der Waals surface area (Å²) in [7, 11) is 0. The molecule has 80 valence electrons. The molecule has 1 nitrogen and oxygen atoms in total. The molecule has 0 spiro atoms. The van der Waals surface area contributed by atoms with Gasteiger partial charge in [0.05, 0.1) is 6.42 Å². The van der Waals surface area contributed by atoms with Gasteiger partial charge in [0.15, 0.2) is 0 Å². The second kappa shape index (κ2) is 4.79. The number of aryl methyl sites for hydroxylation is 1. The summed E-state index contributed by atoms with van der Waals surface area (Å²) in [6, 6.07) is 3.01. The van der Waals surface area contributed by atoms with Crippen LogP contribution in [0.2, 0.25) is 0 Å². The van der Waals surface area contributed by atoms with Crippen molar-refractivity contribution in [3.8, 4) is 0 Å². The SMILES string of the molecule is NC(CCc1cccs1)CC(F)(F)F. The predicted molar refractivity (Wildman–Crippen MR) is 51.3 cm³/mol. The van der Waals surface area contributed by atoms with Crippen LogP contribution < -0.4 is 5.73 Å². The van der Waals surface area contributed by atoms with Crippen molar-refractivity contribution in [1.29, 1.82) is 0 Å². The average Bonchev–Trinajstić information content (AvgIpc) is 2.49. The molecule has 0 bridgehead atoms. The van der Waals surface area contributed by atoms with Crippen molar-refractivity contribution < 1.29 is 13.2 Å². The first kappa shape index (κ1) is 11.5. The highest BCUT2D eigenvalue weighted by Gasteiger charge is 2.29. The van der Waals surface area contributed by atoms with Gasteiger partial charge >= 0.3 is 6.18 Å². The number of hydrogen-bond acceptors (Lipinski definition) is 2. The molecule has 5 heteroatoms. The van der Waals surface area contributed by atoms with Gasteiger partial charge in [0.1, 0.15) is 0 Å². The Morgan fingerprint density at radius 3 is 2.64 bits per heavy atom. The summed E-state index contributed by atoms with van der Waals surface area (Å²) < 4.78 is 35.7. The van der Waals surface area contributed by atoms with Crippen LogP contribution in [0, 0.1) is 0 Å². The van der Waals surface area contributed by atoms with E-state index in [-0.39, 0.29) is 0 Å². The van der Waals surface area contributed by atoms with Gasteiger partial charge in [-0.3, -0.25) is 0 Å². The van der Waals surface area contributed by atoms with Crippen LogP contribution in [0.4, 0.5) is 13.2 Å². The minimum Gasteiger partial charge on any atom is -0.327 e. The second-order valence-electron chi connectivity index (χ2n) is 3.20. The van der Waals surface area contributed by atoms with Crippen LogP contribution >= 0.6 is 11.3 Å². The van der Waals surface area contributed by atoms with E-state index < -0.39 is 18.6 Å². The highest BCUT2D eigenvalue weighted by Crippen LogP contribution is 2.22. The third kappa shape index (κ3) is 4.62. The van der Waals surface area contributed by atoms with Gasteiger partial charge in [-0.2, -0.15) is 13.2 Å². The van der Waals surface area contributed by atoms with Crippen LogP contribution in [-0.4, -0.2) is 12.2 Å². The fourth-order valence-corrected chi connectivity index (χ4v) is 1.91. The predicted octanol–water partition coefficient (Wildman–Crippen LogP) is 2.96. The van der Waals surface area contributed by atoms with Gasteiger partial charge in [-0.15, -0.1) is 11.3 Å². The summed E-state index contributed by atoms with van der Waals surface area (Å²) in [5, 5.41) is 1.91. The molecular formula is C9H12F3NS. The summed E-state index contributed by atoms with van der Waals surface area (Å²) in [6.45, 7) is 0. The van der Waals surface area contributed by atoms with E-state index in [1.807, 2.05) is 17.5 Å². The zero-order valence-corrected chi connectivity index (χ0v) is 8.37.